The molecule has 0 radical (unpaired) electrons. The van der Waals surface area contributed by atoms with Crippen LogP contribution in [0.3, 0.4) is 0 Å². The summed E-state index contributed by atoms with van der Waals surface area (Å²) in [5, 5.41) is 20.7. The molecule has 0 spiro atoms. The highest BCUT2D eigenvalue weighted by atomic mass is 32.2. The van der Waals surface area contributed by atoms with Crippen molar-refractivity contribution < 1.29 is 14.6 Å². The van der Waals surface area contributed by atoms with Crippen LogP contribution in [0.1, 0.15) is 13.0 Å². The summed E-state index contributed by atoms with van der Waals surface area (Å²) in [4.78, 5) is 12.9. The van der Waals surface area contributed by atoms with Crippen LogP contribution in [0.25, 0.3) is 0 Å². The Morgan fingerprint density at radius 3 is 2.95 bits per heavy atom. The number of rotatable bonds is 6. The molecule has 1 fully saturated rings. The molecule has 2 rings (SSSR count). The number of carboxylic acid groups (broad SMARTS) is 1. The molecule has 1 aromatic rings. The van der Waals surface area contributed by atoms with Gasteiger partial charge in [-0.2, -0.15) is 0 Å². The van der Waals surface area contributed by atoms with E-state index in [9.17, 15) is 4.79 Å². The number of hydrogen-bond donors (Lipinski definition) is 1. The number of ether oxygens (including phenoxy) is 1. The van der Waals surface area contributed by atoms with Gasteiger partial charge in [0, 0.05) is 19.6 Å². The van der Waals surface area contributed by atoms with E-state index in [1.165, 1.54) is 0 Å². The molecule has 1 N–H and O–H groups in total. The maximum Gasteiger partial charge on any atom is 0.313 e. The first-order valence-electron chi connectivity index (χ1n) is 6.09. The summed E-state index contributed by atoms with van der Waals surface area (Å²) in [6.45, 7) is 6.17. The molecule has 0 aromatic carbocycles. The van der Waals surface area contributed by atoms with Gasteiger partial charge in [-0.15, -0.1) is 5.10 Å². The predicted molar refractivity (Wildman–Crippen MR) is 68.1 cm³/mol. The number of aliphatic carboxylic acids is 1. The zero-order chi connectivity index (χ0) is 13.7. The fraction of sp³-hybridized carbons (Fsp3) is 0.800. The van der Waals surface area contributed by atoms with Crippen LogP contribution in [0.2, 0.25) is 0 Å². The lowest BCUT2D eigenvalue weighted by Crippen LogP contribution is -2.39. The molecule has 0 aliphatic carbocycles. The van der Waals surface area contributed by atoms with Gasteiger partial charge in [0.15, 0.2) is 0 Å². The average Bonchev–Trinajstić information content (AvgIpc) is 2.86. The third-order valence-electron chi connectivity index (χ3n) is 2.83. The van der Waals surface area contributed by atoms with Gasteiger partial charge in [-0.3, -0.25) is 9.69 Å². The summed E-state index contributed by atoms with van der Waals surface area (Å²) in [6, 6.07) is 0.101. The van der Waals surface area contributed by atoms with Crippen LogP contribution in [0.5, 0.6) is 0 Å². The number of tetrazole rings is 1. The van der Waals surface area contributed by atoms with Crippen molar-refractivity contribution in [1.82, 2.24) is 25.1 Å². The minimum Gasteiger partial charge on any atom is -0.481 e. The molecular weight excluding hydrogens is 270 g/mol. The maximum absolute atomic E-state index is 10.6. The van der Waals surface area contributed by atoms with Gasteiger partial charge in [-0.1, -0.05) is 11.8 Å². The van der Waals surface area contributed by atoms with Crippen LogP contribution in [0.4, 0.5) is 0 Å². The van der Waals surface area contributed by atoms with E-state index in [0.717, 1.165) is 44.6 Å². The molecule has 1 unspecified atom stereocenters. The number of carbonyl (C=O) groups is 1. The molecule has 0 bridgehead atoms. The topological polar surface area (TPSA) is 93.4 Å². The lowest BCUT2D eigenvalue weighted by atomic mass is 10.3. The summed E-state index contributed by atoms with van der Waals surface area (Å²) < 4.78 is 6.99. The summed E-state index contributed by atoms with van der Waals surface area (Å²) >= 11 is 1.14. The fourth-order valence-corrected chi connectivity index (χ4v) is 2.61. The van der Waals surface area contributed by atoms with Crippen LogP contribution in [0.15, 0.2) is 5.16 Å². The molecule has 1 aliphatic heterocycles. The number of thioether (sulfide) groups is 1. The van der Waals surface area contributed by atoms with Crippen LogP contribution in [-0.2, 0) is 9.53 Å². The highest BCUT2D eigenvalue weighted by Gasteiger charge is 2.19. The zero-order valence-corrected chi connectivity index (χ0v) is 11.5. The Morgan fingerprint density at radius 1 is 1.53 bits per heavy atom. The number of hydrogen-bond acceptors (Lipinski definition) is 7. The molecular formula is C10H17N5O3S. The van der Waals surface area contributed by atoms with Gasteiger partial charge in [0.25, 0.3) is 0 Å². The first-order valence-corrected chi connectivity index (χ1v) is 7.08. The van der Waals surface area contributed by atoms with Crippen LogP contribution < -0.4 is 0 Å². The maximum atomic E-state index is 10.6. The minimum atomic E-state index is -0.875. The van der Waals surface area contributed by atoms with Crippen molar-refractivity contribution >= 4 is 17.7 Å². The van der Waals surface area contributed by atoms with Gasteiger partial charge in [-0.25, -0.2) is 4.68 Å². The van der Waals surface area contributed by atoms with Crippen molar-refractivity contribution in [2.24, 2.45) is 0 Å². The second kappa shape index (κ2) is 6.83. The normalized spacial score (nSPS) is 18.4. The highest BCUT2D eigenvalue weighted by molar-refractivity contribution is 7.99. The van der Waals surface area contributed by atoms with Crippen molar-refractivity contribution in [2.75, 3.05) is 38.6 Å². The van der Waals surface area contributed by atoms with E-state index in [0.29, 0.717) is 5.16 Å². The molecule has 1 atom stereocenters. The number of carboxylic acids is 1. The van der Waals surface area contributed by atoms with E-state index >= 15 is 0 Å². The number of morpholine rings is 1. The Morgan fingerprint density at radius 2 is 2.26 bits per heavy atom. The number of aromatic nitrogens is 4. The van der Waals surface area contributed by atoms with Crippen molar-refractivity contribution in [3.63, 3.8) is 0 Å². The first kappa shape index (κ1) is 14.2. The summed E-state index contributed by atoms with van der Waals surface area (Å²) in [6.07, 6.45) is 0. The smallest absolute Gasteiger partial charge is 0.313 e. The second-order valence-corrected chi connectivity index (χ2v) is 5.29. The molecule has 2 heterocycles. The lowest BCUT2D eigenvalue weighted by Gasteiger charge is -2.29. The van der Waals surface area contributed by atoms with Gasteiger partial charge in [0.1, 0.15) is 0 Å². The van der Waals surface area contributed by atoms with E-state index in [2.05, 4.69) is 20.4 Å². The molecule has 0 saturated carbocycles. The van der Waals surface area contributed by atoms with Gasteiger partial charge in [0.05, 0.1) is 25.0 Å². The summed E-state index contributed by atoms with van der Waals surface area (Å²) in [5.74, 6) is -0.912. The molecule has 19 heavy (non-hydrogen) atoms. The molecule has 106 valence electrons. The van der Waals surface area contributed by atoms with E-state index in [4.69, 9.17) is 9.84 Å². The molecule has 1 aromatic heterocycles. The Balaban J connectivity index is 1.92. The van der Waals surface area contributed by atoms with Crippen molar-refractivity contribution in [3.05, 3.63) is 0 Å². The van der Waals surface area contributed by atoms with Gasteiger partial charge < -0.3 is 9.84 Å². The predicted octanol–water partition coefficient (Wildman–Crippen LogP) is -0.257. The third-order valence-corrected chi connectivity index (χ3v) is 3.75. The largest absolute Gasteiger partial charge is 0.481 e. The van der Waals surface area contributed by atoms with E-state index < -0.39 is 5.97 Å². The monoisotopic (exact) mass is 287 g/mol. The first-order chi connectivity index (χ1) is 9.16. The highest BCUT2D eigenvalue weighted by Crippen LogP contribution is 2.18. The van der Waals surface area contributed by atoms with Crippen LogP contribution >= 0.6 is 11.8 Å². The van der Waals surface area contributed by atoms with Gasteiger partial charge in [0.2, 0.25) is 5.16 Å². The molecule has 0 amide bonds. The van der Waals surface area contributed by atoms with Crippen molar-refractivity contribution in [3.8, 4) is 0 Å². The summed E-state index contributed by atoms with van der Waals surface area (Å²) in [5.41, 5.74) is 0. The van der Waals surface area contributed by atoms with E-state index in [-0.39, 0.29) is 11.8 Å². The fourth-order valence-electron chi connectivity index (χ4n) is 1.92. The minimum absolute atomic E-state index is 0.0371. The van der Waals surface area contributed by atoms with Crippen molar-refractivity contribution in [2.45, 2.75) is 18.1 Å². The zero-order valence-electron chi connectivity index (χ0n) is 10.7. The van der Waals surface area contributed by atoms with E-state index in [1.807, 2.05) is 6.92 Å². The Labute approximate surface area is 115 Å². The Hall–Kier alpha value is -1.19. The summed E-state index contributed by atoms with van der Waals surface area (Å²) in [7, 11) is 0. The van der Waals surface area contributed by atoms with Crippen molar-refractivity contribution in [1.29, 1.82) is 0 Å². The molecule has 8 nitrogen and oxygen atoms in total. The van der Waals surface area contributed by atoms with Crippen LogP contribution in [0, 0.1) is 0 Å². The average molecular weight is 287 g/mol. The SMILES string of the molecule is CC(CN1CCOCC1)n1nnnc1SCC(=O)O. The lowest BCUT2D eigenvalue weighted by molar-refractivity contribution is -0.133. The molecule has 9 heteroatoms. The Kier molecular flexibility index (Phi) is 5.11. The number of nitrogens with zero attached hydrogens (tertiary/aromatic N) is 5. The standard InChI is InChI=1S/C10H17N5O3S/c1-8(6-14-2-4-18-5-3-14)15-10(11-12-13-15)19-7-9(16)17/h8H,2-7H2,1H3,(H,16,17). The molecule has 1 aliphatic rings. The van der Waals surface area contributed by atoms with Gasteiger partial charge in [-0.05, 0) is 17.4 Å². The van der Waals surface area contributed by atoms with E-state index in [1.54, 1.807) is 4.68 Å². The second-order valence-electron chi connectivity index (χ2n) is 4.35. The van der Waals surface area contributed by atoms with Gasteiger partial charge >= 0.3 is 5.97 Å². The third kappa shape index (κ3) is 4.15. The molecule has 1 saturated heterocycles. The van der Waals surface area contributed by atoms with Crippen LogP contribution in [-0.4, -0.2) is 74.8 Å². The Bertz CT molecular complexity index is 421. The quantitative estimate of drug-likeness (QED) is 0.715.